The summed E-state index contributed by atoms with van der Waals surface area (Å²) in [5.41, 5.74) is 4.81. The van der Waals surface area contributed by atoms with Crippen molar-refractivity contribution in [3.05, 3.63) is 0 Å². The van der Waals surface area contributed by atoms with Crippen molar-refractivity contribution in [2.75, 3.05) is 18.6 Å². The second-order valence-corrected chi connectivity index (χ2v) is 6.59. The number of aliphatic hydroxyl groups excluding tert-OH is 3. The molecule has 1 fully saturated rings. The lowest BCUT2D eigenvalue weighted by Crippen LogP contribution is -2.39. The van der Waals surface area contributed by atoms with Crippen molar-refractivity contribution in [1.29, 1.82) is 0 Å². The normalized spacial score (nSPS) is 35.4. The minimum absolute atomic E-state index is 0.279. The zero-order valence-corrected chi connectivity index (χ0v) is 10.9. The molecule has 1 rings (SSSR count). The molecule has 2 unspecified atom stereocenters. The number of aliphatic hydroxyl groups is 3. The summed E-state index contributed by atoms with van der Waals surface area (Å²) in [7, 11) is -0.442. The van der Waals surface area contributed by atoms with Gasteiger partial charge in [0.25, 0.3) is 0 Å². The molecule has 106 valence electrons. The maximum atomic E-state index is 10.6. The van der Waals surface area contributed by atoms with Gasteiger partial charge in [0.2, 0.25) is 5.44 Å². The quantitative estimate of drug-likeness (QED) is 0.339. The Morgan fingerprint density at radius 1 is 1.44 bits per heavy atom. The third-order valence-corrected chi connectivity index (χ3v) is 5.03. The van der Waals surface area contributed by atoms with Crippen molar-refractivity contribution in [3.63, 3.8) is 0 Å². The van der Waals surface area contributed by atoms with Gasteiger partial charge in [0.05, 0.1) is 6.61 Å². The van der Waals surface area contributed by atoms with E-state index in [0.717, 1.165) is 0 Å². The van der Waals surface area contributed by atoms with Crippen LogP contribution in [0, 0.1) is 0 Å². The van der Waals surface area contributed by atoms with Crippen LogP contribution in [0.1, 0.15) is 6.42 Å². The summed E-state index contributed by atoms with van der Waals surface area (Å²) < 4.78 is 5.36. The molecule has 1 aliphatic rings. The summed E-state index contributed by atoms with van der Waals surface area (Å²) in [6.45, 7) is -0.361. The molecule has 18 heavy (non-hydrogen) atoms. The highest BCUT2D eigenvalue weighted by Crippen LogP contribution is 2.26. The van der Waals surface area contributed by atoms with E-state index >= 15 is 0 Å². The number of carboxylic acids is 1. The van der Waals surface area contributed by atoms with E-state index in [0.29, 0.717) is 5.75 Å². The van der Waals surface area contributed by atoms with Gasteiger partial charge in [-0.15, -0.1) is 0 Å². The predicted octanol–water partition coefficient (Wildman–Crippen LogP) is -2.52. The SMILES string of the molecule is C[S+](CC[C@H](N)C(=O)O)C1O[C@H](CO)[C@@H](O)[C@H]1O. The second-order valence-electron chi connectivity index (χ2n) is 4.34. The summed E-state index contributed by atoms with van der Waals surface area (Å²) in [5.74, 6) is -0.576. The fraction of sp³-hybridized carbons (Fsp3) is 0.900. The van der Waals surface area contributed by atoms with Crippen molar-refractivity contribution in [1.82, 2.24) is 0 Å². The number of carboxylic acid groups (broad SMARTS) is 1. The monoisotopic (exact) mass is 282 g/mol. The molecule has 7 nitrogen and oxygen atoms in total. The topological polar surface area (TPSA) is 133 Å². The van der Waals surface area contributed by atoms with Gasteiger partial charge in [-0.1, -0.05) is 0 Å². The molecule has 0 bridgehead atoms. The van der Waals surface area contributed by atoms with Crippen LogP contribution in [0.25, 0.3) is 0 Å². The Balaban J connectivity index is 2.47. The minimum Gasteiger partial charge on any atom is -0.480 e. The molecule has 0 aliphatic carbocycles. The van der Waals surface area contributed by atoms with Gasteiger partial charge in [0.1, 0.15) is 30.3 Å². The lowest BCUT2D eigenvalue weighted by atomic mass is 10.2. The molecule has 0 amide bonds. The van der Waals surface area contributed by atoms with Gasteiger partial charge in [0, 0.05) is 17.3 Å². The molecule has 6 atom stereocenters. The van der Waals surface area contributed by atoms with E-state index in [-0.39, 0.29) is 13.0 Å². The standard InChI is InChI=1S/C10H19NO6S/c1-18(3-2-5(11)9(15)16)10-8(14)7(13)6(4-12)17-10/h5-8,10,12-14H,2-4,11H2,1H3/p+1/t5-,6+,7+,8+,10?,18?/m0/s1. The van der Waals surface area contributed by atoms with Crippen molar-refractivity contribution in [2.24, 2.45) is 5.73 Å². The third-order valence-electron chi connectivity index (χ3n) is 2.96. The summed E-state index contributed by atoms with van der Waals surface area (Å²) in [6.07, 6.45) is -0.858. The predicted molar refractivity (Wildman–Crippen MR) is 66.1 cm³/mol. The third kappa shape index (κ3) is 3.56. The van der Waals surface area contributed by atoms with Crippen molar-refractivity contribution < 1.29 is 30.0 Å². The van der Waals surface area contributed by atoms with Crippen LogP contribution in [0.5, 0.6) is 0 Å². The Morgan fingerprint density at radius 3 is 2.50 bits per heavy atom. The van der Waals surface area contributed by atoms with Crippen LogP contribution in [0.2, 0.25) is 0 Å². The maximum absolute atomic E-state index is 10.6. The summed E-state index contributed by atoms with van der Waals surface area (Å²) in [6, 6.07) is -0.933. The molecular weight excluding hydrogens is 262 g/mol. The van der Waals surface area contributed by atoms with E-state index in [1.807, 2.05) is 6.26 Å². The van der Waals surface area contributed by atoms with Crippen molar-refractivity contribution >= 4 is 16.9 Å². The molecule has 0 spiro atoms. The van der Waals surface area contributed by atoms with Gasteiger partial charge in [-0.3, -0.25) is 4.79 Å². The molecule has 0 aromatic rings. The highest BCUT2D eigenvalue weighted by atomic mass is 32.2. The summed E-state index contributed by atoms with van der Waals surface area (Å²) in [5, 5.41) is 37.0. The van der Waals surface area contributed by atoms with Crippen molar-refractivity contribution in [3.8, 4) is 0 Å². The Bertz CT molecular complexity index is 292. The average Bonchev–Trinajstić information content (AvgIpc) is 2.62. The van der Waals surface area contributed by atoms with E-state index in [2.05, 4.69) is 0 Å². The zero-order valence-electron chi connectivity index (χ0n) is 10.1. The molecule has 1 saturated heterocycles. The second kappa shape index (κ2) is 6.69. The lowest BCUT2D eigenvalue weighted by Gasteiger charge is -2.15. The van der Waals surface area contributed by atoms with Gasteiger partial charge < -0.3 is 30.9 Å². The number of nitrogens with two attached hydrogens (primary N) is 1. The van der Waals surface area contributed by atoms with Crippen LogP contribution >= 0.6 is 0 Å². The van der Waals surface area contributed by atoms with Crippen molar-refractivity contribution in [2.45, 2.75) is 36.2 Å². The molecule has 0 radical (unpaired) electrons. The Hall–Kier alpha value is -0.380. The van der Waals surface area contributed by atoms with Gasteiger partial charge in [-0.25, -0.2) is 0 Å². The highest BCUT2D eigenvalue weighted by molar-refractivity contribution is 7.96. The molecule has 1 aliphatic heterocycles. The van der Waals surface area contributed by atoms with Gasteiger partial charge in [-0.05, 0) is 0 Å². The molecule has 6 N–H and O–H groups in total. The summed E-state index contributed by atoms with van der Waals surface area (Å²) >= 11 is 0. The largest absolute Gasteiger partial charge is 0.480 e. The molecule has 8 heteroatoms. The first-order valence-corrected chi connectivity index (χ1v) is 7.47. The van der Waals surface area contributed by atoms with Gasteiger partial charge >= 0.3 is 5.97 Å². The van der Waals surface area contributed by atoms with E-state index in [1.165, 1.54) is 0 Å². The van der Waals surface area contributed by atoms with Gasteiger partial charge in [0.15, 0.2) is 6.10 Å². The Kier molecular flexibility index (Phi) is 5.83. The van der Waals surface area contributed by atoms with E-state index in [9.17, 15) is 15.0 Å². The number of hydrogen-bond acceptors (Lipinski definition) is 6. The van der Waals surface area contributed by atoms with E-state index in [1.54, 1.807) is 0 Å². The first kappa shape index (κ1) is 15.7. The number of carbonyl (C=O) groups is 1. The van der Waals surface area contributed by atoms with Crippen LogP contribution in [0.3, 0.4) is 0 Å². The number of rotatable bonds is 6. The van der Waals surface area contributed by atoms with Crippen LogP contribution in [0.4, 0.5) is 0 Å². The molecular formula is C10H20NO6S+. The fourth-order valence-electron chi connectivity index (χ4n) is 1.75. The lowest BCUT2D eigenvalue weighted by molar-refractivity contribution is -0.138. The van der Waals surface area contributed by atoms with Gasteiger partial charge in [-0.2, -0.15) is 0 Å². The number of ether oxygens (including phenoxy) is 1. The van der Waals surface area contributed by atoms with Crippen LogP contribution < -0.4 is 5.73 Å². The van der Waals surface area contributed by atoms with E-state index < -0.39 is 46.7 Å². The van der Waals surface area contributed by atoms with Crippen LogP contribution in [-0.4, -0.2) is 74.8 Å². The molecule has 1 heterocycles. The average molecular weight is 282 g/mol. The maximum Gasteiger partial charge on any atom is 0.320 e. The Labute approximate surface area is 108 Å². The Morgan fingerprint density at radius 2 is 2.06 bits per heavy atom. The minimum atomic E-state index is -1.11. The zero-order chi connectivity index (χ0) is 13.9. The summed E-state index contributed by atoms with van der Waals surface area (Å²) in [4.78, 5) is 10.6. The van der Waals surface area contributed by atoms with Crippen LogP contribution in [-0.2, 0) is 20.4 Å². The highest BCUT2D eigenvalue weighted by Gasteiger charge is 2.49. The number of aliphatic carboxylic acids is 1. The van der Waals surface area contributed by atoms with E-state index in [4.69, 9.17) is 20.7 Å². The van der Waals surface area contributed by atoms with Crippen LogP contribution in [0.15, 0.2) is 0 Å². The smallest absolute Gasteiger partial charge is 0.320 e. The molecule has 0 aromatic heterocycles. The fourth-order valence-corrected chi connectivity index (χ4v) is 3.58. The number of hydrogen-bond donors (Lipinski definition) is 5. The molecule has 0 saturated carbocycles. The molecule has 0 aromatic carbocycles. The first-order chi connectivity index (χ1) is 8.38. The first-order valence-electron chi connectivity index (χ1n) is 5.60.